The van der Waals surface area contributed by atoms with Gasteiger partial charge in [-0.3, -0.25) is 4.79 Å². The van der Waals surface area contributed by atoms with Crippen molar-refractivity contribution in [3.63, 3.8) is 0 Å². The molecule has 0 saturated heterocycles. The van der Waals surface area contributed by atoms with Crippen molar-refractivity contribution in [3.8, 4) is 0 Å². The molecule has 3 heteroatoms. The molecule has 1 aliphatic carbocycles. The Morgan fingerprint density at radius 1 is 1.69 bits per heavy atom. The van der Waals surface area contributed by atoms with Gasteiger partial charge in [-0.25, -0.2) is 0 Å². The number of nitrogens with one attached hydrogen (secondary N) is 1. The largest absolute Gasteiger partial charge is 0.372 e. The van der Waals surface area contributed by atoms with Gasteiger partial charge in [0.05, 0.1) is 0 Å². The Kier molecular flexibility index (Phi) is 3.72. The molecule has 0 aromatic rings. The highest BCUT2D eigenvalue weighted by Gasteiger charge is 2.37. The molecule has 13 heavy (non-hydrogen) atoms. The number of methoxy groups -OCH3 is 1. The van der Waals surface area contributed by atoms with Crippen molar-refractivity contribution in [2.24, 2.45) is 5.92 Å². The molecule has 3 nitrogen and oxygen atoms in total. The summed E-state index contributed by atoms with van der Waals surface area (Å²) in [6.07, 6.45) is 3.27. The highest BCUT2D eigenvalue weighted by Crippen LogP contribution is 2.34. The predicted molar refractivity (Wildman–Crippen MR) is 51.4 cm³/mol. The van der Waals surface area contributed by atoms with E-state index in [0.717, 1.165) is 12.3 Å². The van der Waals surface area contributed by atoms with Gasteiger partial charge in [-0.1, -0.05) is 13.3 Å². The van der Waals surface area contributed by atoms with E-state index in [2.05, 4.69) is 12.2 Å². The van der Waals surface area contributed by atoms with Crippen molar-refractivity contribution in [2.75, 3.05) is 7.11 Å². The lowest BCUT2D eigenvalue weighted by Gasteiger charge is -2.09. The van der Waals surface area contributed by atoms with Crippen molar-refractivity contribution in [1.29, 1.82) is 0 Å². The van der Waals surface area contributed by atoms with Gasteiger partial charge in [-0.2, -0.15) is 0 Å². The fourth-order valence-electron chi connectivity index (χ4n) is 1.52. The second-order valence-corrected chi connectivity index (χ2v) is 3.78. The summed E-state index contributed by atoms with van der Waals surface area (Å²) in [5, 5.41) is 2.98. The Labute approximate surface area is 79.8 Å². The van der Waals surface area contributed by atoms with Crippen LogP contribution in [0.15, 0.2) is 0 Å². The molecule has 0 aromatic heterocycles. The van der Waals surface area contributed by atoms with E-state index < -0.39 is 0 Å². The zero-order valence-corrected chi connectivity index (χ0v) is 8.67. The van der Waals surface area contributed by atoms with E-state index in [0.29, 0.717) is 6.04 Å². The highest BCUT2D eigenvalue weighted by atomic mass is 16.5. The third-order valence-corrected chi connectivity index (χ3v) is 2.63. The molecule has 1 aliphatic rings. The molecule has 0 radical (unpaired) electrons. The van der Waals surface area contributed by atoms with E-state index in [9.17, 15) is 4.79 Å². The molecule has 0 aromatic carbocycles. The van der Waals surface area contributed by atoms with Gasteiger partial charge in [0.1, 0.15) is 6.10 Å². The van der Waals surface area contributed by atoms with E-state index >= 15 is 0 Å². The monoisotopic (exact) mass is 185 g/mol. The Balaban J connectivity index is 2.16. The van der Waals surface area contributed by atoms with Crippen LogP contribution in [0.5, 0.6) is 0 Å². The van der Waals surface area contributed by atoms with Crippen LogP contribution in [0.2, 0.25) is 0 Å². The van der Waals surface area contributed by atoms with Crippen molar-refractivity contribution in [3.05, 3.63) is 0 Å². The lowest BCUT2D eigenvalue weighted by atomic mass is 10.2. The first-order valence-electron chi connectivity index (χ1n) is 5.02. The molecule has 1 amide bonds. The second kappa shape index (κ2) is 4.61. The Bertz CT molecular complexity index is 182. The van der Waals surface area contributed by atoms with Gasteiger partial charge in [-0.15, -0.1) is 0 Å². The first kappa shape index (κ1) is 10.5. The zero-order chi connectivity index (χ0) is 9.84. The van der Waals surface area contributed by atoms with Crippen molar-refractivity contribution < 1.29 is 9.53 Å². The van der Waals surface area contributed by atoms with E-state index in [1.54, 1.807) is 14.0 Å². The van der Waals surface area contributed by atoms with Gasteiger partial charge < -0.3 is 10.1 Å². The fraction of sp³-hybridized carbons (Fsp3) is 0.900. The van der Waals surface area contributed by atoms with E-state index in [-0.39, 0.29) is 12.0 Å². The molecule has 1 fully saturated rings. The van der Waals surface area contributed by atoms with Gasteiger partial charge in [-0.05, 0) is 25.7 Å². The number of carbonyl (C=O) groups is 1. The number of carbonyl (C=O) groups excluding carboxylic acids is 1. The summed E-state index contributed by atoms with van der Waals surface area (Å²) in [5.41, 5.74) is 0. The van der Waals surface area contributed by atoms with Gasteiger partial charge in [0.25, 0.3) is 0 Å². The van der Waals surface area contributed by atoms with Crippen LogP contribution in [-0.2, 0) is 9.53 Å². The number of rotatable bonds is 5. The van der Waals surface area contributed by atoms with Crippen LogP contribution in [-0.4, -0.2) is 25.2 Å². The first-order chi connectivity index (χ1) is 6.19. The average Bonchev–Trinajstić information content (AvgIpc) is 2.83. The fourth-order valence-corrected chi connectivity index (χ4v) is 1.52. The van der Waals surface area contributed by atoms with Gasteiger partial charge in [0.15, 0.2) is 0 Å². The van der Waals surface area contributed by atoms with Crippen molar-refractivity contribution in [2.45, 2.75) is 45.3 Å². The smallest absolute Gasteiger partial charge is 0.249 e. The molecular formula is C10H19NO2. The maximum atomic E-state index is 11.3. The minimum Gasteiger partial charge on any atom is -0.372 e. The molecule has 0 aliphatic heterocycles. The third-order valence-electron chi connectivity index (χ3n) is 2.63. The van der Waals surface area contributed by atoms with Crippen molar-refractivity contribution in [1.82, 2.24) is 5.32 Å². The summed E-state index contributed by atoms with van der Waals surface area (Å²) in [6, 6.07) is 0.421. The first-order valence-corrected chi connectivity index (χ1v) is 5.02. The summed E-state index contributed by atoms with van der Waals surface area (Å²) in [4.78, 5) is 11.3. The lowest BCUT2D eigenvalue weighted by Crippen LogP contribution is -2.35. The molecule has 1 rings (SSSR count). The van der Waals surface area contributed by atoms with Crippen LogP contribution in [0.4, 0.5) is 0 Å². The molecular weight excluding hydrogens is 166 g/mol. The molecule has 1 saturated carbocycles. The third kappa shape index (κ3) is 2.99. The average molecular weight is 185 g/mol. The Hall–Kier alpha value is -0.570. The highest BCUT2D eigenvalue weighted by molar-refractivity contribution is 5.80. The Morgan fingerprint density at radius 2 is 2.38 bits per heavy atom. The SMILES string of the molecule is CCCC1CC1NC(=O)C(C)OC. The number of hydrogen-bond acceptors (Lipinski definition) is 2. The molecule has 76 valence electrons. The number of amides is 1. The summed E-state index contributed by atoms with van der Waals surface area (Å²) in [5.74, 6) is 0.740. The molecule has 1 N–H and O–H groups in total. The van der Waals surface area contributed by atoms with E-state index in [4.69, 9.17) is 4.74 Å². The normalized spacial score (nSPS) is 28.2. The minimum absolute atomic E-state index is 0.0195. The van der Waals surface area contributed by atoms with Gasteiger partial charge >= 0.3 is 0 Å². The number of hydrogen-bond donors (Lipinski definition) is 1. The predicted octanol–water partition coefficient (Wildman–Crippen LogP) is 1.33. The van der Waals surface area contributed by atoms with Crippen LogP contribution in [0.25, 0.3) is 0 Å². The van der Waals surface area contributed by atoms with Crippen LogP contribution in [0.3, 0.4) is 0 Å². The van der Waals surface area contributed by atoms with Gasteiger partial charge in [0.2, 0.25) is 5.91 Å². The maximum Gasteiger partial charge on any atom is 0.249 e. The standard InChI is InChI=1S/C10H19NO2/c1-4-5-8-6-9(8)11-10(12)7(2)13-3/h7-9H,4-6H2,1-3H3,(H,11,12). The van der Waals surface area contributed by atoms with Gasteiger partial charge in [0, 0.05) is 13.2 Å². The maximum absolute atomic E-state index is 11.3. The summed E-state index contributed by atoms with van der Waals surface area (Å²) in [6.45, 7) is 3.95. The molecule has 0 spiro atoms. The molecule has 3 atom stereocenters. The summed E-state index contributed by atoms with van der Waals surface area (Å²) < 4.78 is 4.92. The Morgan fingerprint density at radius 3 is 2.92 bits per heavy atom. The molecule has 3 unspecified atom stereocenters. The molecule has 0 heterocycles. The van der Waals surface area contributed by atoms with Crippen LogP contribution in [0.1, 0.15) is 33.1 Å². The van der Waals surface area contributed by atoms with Crippen LogP contribution >= 0.6 is 0 Å². The van der Waals surface area contributed by atoms with Crippen LogP contribution in [0, 0.1) is 5.92 Å². The van der Waals surface area contributed by atoms with Crippen LogP contribution < -0.4 is 5.32 Å². The molecule has 0 bridgehead atoms. The topological polar surface area (TPSA) is 38.3 Å². The minimum atomic E-state index is -0.317. The lowest BCUT2D eigenvalue weighted by molar-refractivity contribution is -0.130. The summed E-state index contributed by atoms with van der Waals surface area (Å²) >= 11 is 0. The summed E-state index contributed by atoms with van der Waals surface area (Å²) in [7, 11) is 1.56. The quantitative estimate of drug-likeness (QED) is 0.701. The zero-order valence-electron chi connectivity index (χ0n) is 8.67. The second-order valence-electron chi connectivity index (χ2n) is 3.78. The van der Waals surface area contributed by atoms with Crippen molar-refractivity contribution >= 4 is 5.91 Å². The van der Waals surface area contributed by atoms with E-state index in [1.165, 1.54) is 12.8 Å². The van der Waals surface area contributed by atoms with E-state index in [1.807, 2.05) is 0 Å². The number of ether oxygens (including phenoxy) is 1.